The Balaban J connectivity index is 2.01. The van der Waals surface area contributed by atoms with Crippen LogP contribution in [0.2, 0.25) is 0 Å². The molecule has 0 bridgehead atoms. The van der Waals surface area contributed by atoms with Crippen molar-refractivity contribution in [2.24, 2.45) is 0 Å². The first kappa shape index (κ1) is 16.3. The van der Waals surface area contributed by atoms with Crippen molar-refractivity contribution in [2.75, 3.05) is 17.7 Å². The Kier molecular flexibility index (Phi) is 5.14. The molecule has 120 valence electrons. The minimum absolute atomic E-state index is 0.0248. The Morgan fingerprint density at radius 1 is 1.17 bits per heavy atom. The third-order valence-corrected chi connectivity index (χ3v) is 3.22. The molecule has 0 aromatic heterocycles. The smallest absolute Gasteiger partial charge is 0.269 e. The maximum atomic E-state index is 12.2. The zero-order valence-corrected chi connectivity index (χ0v) is 12.8. The van der Waals surface area contributed by atoms with E-state index in [1.165, 1.54) is 24.3 Å². The van der Waals surface area contributed by atoms with E-state index >= 15 is 0 Å². The van der Waals surface area contributed by atoms with Gasteiger partial charge in [-0.2, -0.15) is 0 Å². The molecule has 2 N–H and O–H groups in total. The molecule has 7 nitrogen and oxygen atoms in total. The van der Waals surface area contributed by atoms with Gasteiger partial charge in [-0.3, -0.25) is 14.9 Å². The molecule has 0 aliphatic rings. The number of para-hydroxylation sites is 2. The number of hydrogen-bond donors (Lipinski definition) is 2. The Hall–Kier alpha value is -3.09. The summed E-state index contributed by atoms with van der Waals surface area (Å²) in [6.45, 7) is 1.72. The summed E-state index contributed by atoms with van der Waals surface area (Å²) < 4.78 is 5.22. The lowest BCUT2D eigenvalue weighted by molar-refractivity contribution is -0.384. The highest BCUT2D eigenvalue weighted by molar-refractivity contribution is 5.96. The van der Waals surface area contributed by atoms with E-state index in [0.29, 0.717) is 17.1 Å². The standard InChI is InChI=1S/C16H17N3O4/c1-11(17-14-5-3-4-6-15(14)23-2)16(20)18-12-7-9-13(10-8-12)19(21)22/h3-11,17H,1-2H3,(H,18,20)/t11-/m1/s1. The van der Waals surface area contributed by atoms with E-state index in [-0.39, 0.29) is 11.6 Å². The largest absolute Gasteiger partial charge is 0.495 e. The molecule has 2 rings (SSSR count). The molecule has 7 heteroatoms. The number of nitro groups is 1. The van der Waals surface area contributed by atoms with Gasteiger partial charge >= 0.3 is 0 Å². The molecule has 0 radical (unpaired) electrons. The number of nitrogens with zero attached hydrogens (tertiary/aromatic N) is 1. The van der Waals surface area contributed by atoms with Crippen LogP contribution in [0.15, 0.2) is 48.5 Å². The topological polar surface area (TPSA) is 93.5 Å². The van der Waals surface area contributed by atoms with E-state index in [1.807, 2.05) is 18.2 Å². The molecule has 0 aliphatic carbocycles. The highest BCUT2D eigenvalue weighted by Crippen LogP contribution is 2.24. The van der Waals surface area contributed by atoms with Gasteiger partial charge in [-0.15, -0.1) is 0 Å². The number of benzene rings is 2. The number of anilines is 2. The van der Waals surface area contributed by atoms with E-state index in [0.717, 1.165) is 0 Å². The van der Waals surface area contributed by atoms with E-state index < -0.39 is 11.0 Å². The highest BCUT2D eigenvalue weighted by atomic mass is 16.6. The number of rotatable bonds is 6. The second-order valence-electron chi connectivity index (χ2n) is 4.86. The van der Waals surface area contributed by atoms with E-state index in [2.05, 4.69) is 10.6 Å². The molecule has 23 heavy (non-hydrogen) atoms. The summed E-state index contributed by atoms with van der Waals surface area (Å²) in [6, 6.07) is 12.4. The average Bonchev–Trinajstić information content (AvgIpc) is 2.55. The summed E-state index contributed by atoms with van der Waals surface area (Å²) >= 11 is 0. The number of nitrogens with one attached hydrogen (secondary N) is 2. The predicted octanol–water partition coefficient (Wildman–Crippen LogP) is 3.04. The Labute approximate surface area is 133 Å². The van der Waals surface area contributed by atoms with Crippen molar-refractivity contribution in [3.63, 3.8) is 0 Å². The Morgan fingerprint density at radius 2 is 1.83 bits per heavy atom. The van der Waals surface area contributed by atoms with Crippen molar-refractivity contribution in [1.82, 2.24) is 0 Å². The monoisotopic (exact) mass is 315 g/mol. The van der Waals surface area contributed by atoms with Crippen LogP contribution in [0.5, 0.6) is 5.75 Å². The van der Waals surface area contributed by atoms with Gasteiger partial charge in [-0.25, -0.2) is 0 Å². The number of hydrogen-bond acceptors (Lipinski definition) is 5. The number of carbonyl (C=O) groups is 1. The van der Waals surface area contributed by atoms with Gasteiger partial charge in [0.05, 0.1) is 17.7 Å². The molecule has 1 amide bonds. The molecule has 0 spiro atoms. The fraction of sp³-hybridized carbons (Fsp3) is 0.188. The number of methoxy groups -OCH3 is 1. The number of amides is 1. The van der Waals surface area contributed by atoms with Crippen molar-refractivity contribution in [2.45, 2.75) is 13.0 Å². The lowest BCUT2D eigenvalue weighted by atomic mass is 10.2. The summed E-state index contributed by atoms with van der Waals surface area (Å²) in [6.07, 6.45) is 0. The van der Waals surface area contributed by atoms with Crippen LogP contribution in [-0.2, 0) is 4.79 Å². The number of non-ortho nitro benzene ring substituents is 1. The molecule has 0 aliphatic heterocycles. The van der Waals surface area contributed by atoms with Gasteiger partial charge in [0.15, 0.2) is 0 Å². The average molecular weight is 315 g/mol. The number of ether oxygens (including phenoxy) is 1. The minimum atomic E-state index is -0.513. The molecule has 0 heterocycles. The summed E-state index contributed by atoms with van der Waals surface area (Å²) in [7, 11) is 1.56. The first-order valence-electron chi connectivity index (χ1n) is 6.96. The molecule has 0 saturated carbocycles. The molecular formula is C16H17N3O4. The first-order chi connectivity index (χ1) is 11.0. The first-order valence-corrected chi connectivity index (χ1v) is 6.96. The van der Waals surface area contributed by atoms with E-state index in [9.17, 15) is 14.9 Å². The Morgan fingerprint density at radius 3 is 2.43 bits per heavy atom. The SMILES string of the molecule is COc1ccccc1N[C@H](C)C(=O)Nc1ccc([N+](=O)[O-])cc1. The molecule has 0 saturated heterocycles. The maximum Gasteiger partial charge on any atom is 0.269 e. The van der Waals surface area contributed by atoms with E-state index in [1.54, 1.807) is 20.1 Å². The van der Waals surface area contributed by atoms with Gasteiger partial charge in [-0.05, 0) is 31.2 Å². The zero-order valence-electron chi connectivity index (χ0n) is 12.8. The van der Waals surface area contributed by atoms with Crippen LogP contribution in [0.3, 0.4) is 0 Å². The summed E-state index contributed by atoms with van der Waals surface area (Å²) in [5.41, 5.74) is 1.18. The van der Waals surface area contributed by atoms with Gasteiger partial charge < -0.3 is 15.4 Å². The summed E-state index contributed by atoms with van der Waals surface area (Å²) in [4.78, 5) is 22.3. The van der Waals surface area contributed by atoms with Crippen LogP contribution in [0.4, 0.5) is 17.1 Å². The molecule has 2 aromatic rings. The normalized spacial score (nSPS) is 11.4. The molecule has 0 unspecified atom stereocenters. The van der Waals surface area contributed by atoms with Crippen LogP contribution in [0, 0.1) is 10.1 Å². The van der Waals surface area contributed by atoms with Crippen molar-refractivity contribution in [3.05, 3.63) is 58.6 Å². The minimum Gasteiger partial charge on any atom is -0.495 e. The van der Waals surface area contributed by atoms with Gasteiger partial charge in [0.25, 0.3) is 5.69 Å². The van der Waals surface area contributed by atoms with Crippen molar-refractivity contribution >= 4 is 23.0 Å². The second kappa shape index (κ2) is 7.26. The van der Waals surface area contributed by atoms with Crippen LogP contribution >= 0.6 is 0 Å². The highest BCUT2D eigenvalue weighted by Gasteiger charge is 2.15. The van der Waals surface area contributed by atoms with Crippen LogP contribution in [0.25, 0.3) is 0 Å². The molecular weight excluding hydrogens is 298 g/mol. The molecule has 0 fully saturated rings. The van der Waals surface area contributed by atoms with E-state index in [4.69, 9.17) is 4.74 Å². The lowest BCUT2D eigenvalue weighted by Gasteiger charge is -2.17. The lowest BCUT2D eigenvalue weighted by Crippen LogP contribution is -2.32. The van der Waals surface area contributed by atoms with Gasteiger partial charge in [0, 0.05) is 17.8 Å². The third kappa shape index (κ3) is 4.19. The summed E-state index contributed by atoms with van der Waals surface area (Å²) in [5.74, 6) is 0.382. The fourth-order valence-electron chi connectivity index (χ4n) is 1.98. The fourth-order valence-corrected chi connectivity index (χ4v) is 1.98. The summed E-state index contributed by atoms with van der Waals surface area (Å²) in [5, 5.41) is 16.4. The molecule has 2 aromatic carbocycles. The van der Waals surface area contributed by atoms with Gasteiger partial charge in [0.1, 0.15) is 11.8 Å². The second-order valence-corrected chi connectivity index (χ2v) is 4.86. The zero-order chi connectivity index (χ0) is 16.8. The van der Waals surface area contributed by atoms with Gasteiger partial charge in [0.2, 0.25) is 5.91 Å². The number of nitro benzene ring substituents is 1. The predicted molar refractivity (Wildman–Crippen MR) is 87.8 cm³/mol. The van der Waals surface area contributed by atoms with Crippen molar-refractivity contribution < 1.29 is 14.5 Å². The van der Waals surface area contributed by atoms with Crippen LogP contribution in [-0.4, -0.2) is 24.0 Å². The van der Waals surface area contributed by atoms with Crippen molar-refractivity contribution in [3.8, 4) is 5.75 Å². The Bertz CT molecular complexity index is 701. The van der Waals surface area contributed by atoms with Crippen molar-refractivity contribution in [1.29, 1.82) is 0 Å². The maximum absolute atomic E-state index is 12.2. The number of carbonyl (C=O) groups excluding carboxylic acids is 1. The third-order valence-electron chi connectivity index (χ3n) is 3.22. The van der Waals surface area contributed by atoms with Gasteiger partial charge in [-0.1, -0.05) is 12.1 Å². The van der Waals surface area contributed by atoms with Crippen LogP contribution in [0.1, 0.15) is 6.92 Å². The van der Waals surface area contributed by atoms with Crippen LogP contribution < -0.4 is 15.4 Å². The molecule has 1 atom stereocenters. The quantitative estimate of drug-likeness (QED) is 0.631.